The largest absolute Gasteiger partial charge is 0.372 e. The number of rotatable bonds is 0. The van der Waals surface area contributed by atoms with Crippen LogP contribution in [-0.2, 0) is 22.4 Å². The molecule has 4 N–H and O–H groups in total. The van der Waals surface area contributed by atoms with Crippen LogP contribution in [0.3, 0.4) is 0 Å². The first kappa shape index (κ1) is 31.7. The van der Waals surface area contributed by atoms with Gasteiger partial charge in [0.05, 0.1) is 0 Å². The fraction of sp³-hybridized carbons (Fsp3) is 0.111. The van der Waals surface area contributed by atoms with Gasteiger partial charge in [-0.1, -0.05) is 97.1 Å². The SMILES string of the molecule is OC12C(F)=C(F)C(O)(C(F)=C1F)c1ccc(cc1)-c1ccc(cc1)C1(O)C(F)=C(F)C(O)(C(F)=C1F)c1ccc(cc1)-c1ccc2cc1. The molecule has 0 unspecified atom stereocenters. The quantitative estimate of drug-likeness (QED) is 0.143. The second-order valence-electron chi connectivity index (χ2n) is 11.7. The Hall–Kier alpha value is -4.88. The lowest BCUT2D eigenvalue weighted by atomic mass is 9.77. The predicted molar refractivity (Wildman–Crippen MR) is 156 cm³/mol. The molecule has 0 aromatic heterocycles. The number of hydrogen-bond donors (Lipinski definition) is 4. The zero-order chi connectivity index (χ0) is 34.6. The van der Waals surface area contributed by atoms with Crippen molar-refractivity contribution in [1.29, 1.82) is 0 Å². The highest BCUT2D eigenvalue weighted by Crippen LogP contribution is 2.56. The fourth-order valence-corrected chi connectivity index (χ4v) is 6.29. The Morgan fingerprint density at radius 1 is 0.250 bits per heavy atom. The normalized spacial score (nSPS) is 28.4. The van der Waals surface area contributed by atoms with Crippen molar-refractivity contribution in [2.75, 3.05) is 0 Å². The van der Waals surface area contributed by atoms with E-state index >= 15 is 35.1 Å². The molecule has 0 saturated heterocycles. The van der Waals surface area contributed by atoms with E-state index in [1.54, 1.807) is 0 Å². The summed E-state index contributed by atoms with van der Waals surface area (Å²) in [6.07, 6.45) is 0. The molecule has 12 heteroatoms. The van der Waals surface area contributed by atoms with Crippen molar-refractivity contribution in [3.63, 3.8) is 0 Å². The molecule has 0 spiro atoms. The summed E-state index contributed by atoms with van der Waals surface area (Å²) in [5.41, 5.74) is -16.3. The molecule has 4 aromatic rings. The molecule has 0 fully saturated rings. The van der Waals surface area contributed by atoms with Gasteiger partial charge in [-0.05, 0) is 44.5 Å². The number of hydrogen-bond acceptors (Lipinski definition) is 4. The van der Waals surface area contributed by atoms with Gasteiger partial charge in [0.2, 0.25) is 0 Å². The zero-order valence-corrected chi connectivity index (χ0v) is 24.1. The van der Waals surface area contributed by atoms with Crippen LogP contribution >= 0.6 is 0 Å². The number of benzene rings is 4. The van der Waals surface area contributed by atoms with Gasteiger partial charge < -0.3 is 20.4 Å². The second kappa shape index (κ2) is 10.3. The summed E-state index contributed by atoms with van der Waals surface area (Å²) in [7, 11) is 0. The van der Waals surface area contributed by atoms with E-state index in [0.29, 0.717) is 0 Å². The minimum absolute atomic E-state index is 0.211. The third-order valence-corrected chi connectivity index (χ3v) is 9.19. The lowest BCUT2D eigenvalue weighted by Crippen LogP contribution is -2.41. The highest BCUT2D eigenvalue weighted by atomic mass is 19.2. The number of halogens is 8. The van der Waals surface area contributed by atoms with E-state index in [1.165, 1.54) is 0 Å². The van der Waals surface area contributed by atoms with E-state index in [1.807, 2.05) is 0 Å². The van der Waals surface area contributed by atoms with E-state index in [2.05, 4.69) is 0 Å². The van der Waals surface area contributed by atoms with Crippen LogP contribution in [0.25, 0.3) is 22.3 Å². The molecule has 48 heavy (non-hydrogen) atoms. The lowest BCUT2D eigenvalue weighted by molar-refractivity contribution is -0.00277. The summed E-state index contributed by atoms with van der Waals surface area (Å²) in [5.74, 6) is -17.7. The van der Waals surface area contributed by atoms with Crippen molar-refractivity contribution >= 4 is 0 Å². The summed E-state index contributed by atoms with van der Waals surface area (Å²) in [6.45, 7) is 0. The minimum Gasteiger partial charge on any atom is -0.372 e. The standard InChI is InChI=1S/C36H20F8O4/c37-25-27(39)35(47)23-13-5-19(6-14-23)20-7-15-24(16-8-20)36(48)31(43)29(41)34(46,30(42)32(36)44)22-11-3-18(4-12-22)17-1-9-21(10-2-17)33(25,45)26(38)28(35)40/h1-16,45-48H. The minimum atomic E-state index is -3.60. The van der Waals surface area contributed by atoms with Crippen LogP contribution in [-0.4, -0.2) is 20.4 Å². The van der Waals surface area contributed by atoms with Gasteiger partial charge >= 0.3 is 0 Å². The Morgan fingerprint density at radius 3 is 0.500 bits per heavy atom. The summed E-state index contributed by atoms with van der Waals surface area (Å²) in [5, 5.41) is 44.1. The molecule has 0 heterocycles. The van der Waals surface area contributed by atoms with Gasteiger partial charge in [-0.25, -0.2) is 35.1 Å². The third kappa shape index (κ3) is 3.85. The second-order valence-corrected chi connectivity index (χ2v) is 11.7. The summed E-state index contributed by atoms with van der Waals surface area (Å²) >= 11 is 0. The van der Waals surface area contributed by atoms with Crippen molar-refractivity contribution in [1.82, 2.24) is 0 Å². The average molecular weight is 669 g/mol. The van der Waals surface area contributed by atoms with E-state index in [-0.39, 0.29) is 22.3 Å². The van der Waals surface area contributed by atoms with Crippen molar-refractivity contribution in [3.05, 3.63) is 166 Å². The molecule has 12 bridgehead atoms. The highest BCUT2D eigenvalue weighted by Gasteiger charge is 2.59. The first-order chi connectivity index (χ1) is 22.6. The lowest BCUT2D eigenvalue weighted by Gasteiger charge is -2.37. The molecule has 12 aliphatic rings. The average Bonchev–Trinajstić information content (AvgIpc) is 3.13. The van der Waals surface area contributed by atoms with Crippen molar-refractivity contribution in [2.45, 2.75) is 22.4 Å². The highest BCUT2D eigenvalue weighted by molar-refractivity contribution is 5.68. The molecular formula is C36H20F8O4. The molecule has 16 rings (SSSR count). The van der Waals surface area contributed by atoms with Crippen LogP contribution in [0.15, 0.2) is 144 Å². The smallest absolute Gasteiger partial charge is 0.198 e. The van der Waals surface area contributed by atoms with E-state index in [4.69, 9.17) is 0 Å². The van der Waals surface area contributed by atoms with Crippen LogP contribution < -0.4 is 0 Å². The Bertz CT molecular complexity index is 1770. The summed E-state index contributed by atoms with van der Waals surface area (Å²) < 4.78 is 125. The van der Waals surface area contributed by atoms with E-state index in [0.717, 1.165) is 97.1 Å². The van der Waals surface area contributed by atoms with Crippen LogP contribution in [0.1, 0.15) is 22.3 Å². The van der Waals surface area contributed by atoms with Gasteiger partial charge in [-0.2, -0.15) is 0 Å². The summed E-state index contributed by atoms with van der Waals surface area (Å²) in [6, 6.07) is 16.7. The van der Waals surface area contributed by atoms with E-state index in [9.17, 15) is 20.4 Å². The Morgan fingerprint density at radius 2 is 0.375 bits per heavy atom. The molecule has 4 nitrogen and oxygen atoms in total. The van der Waals surface area contributed by atoms with Crippen molar-refractivity contribution in [2.24, 2.45) is 0 Å². The van der Waals surface area contributed by atoms with Crippen molar-refractivity contribution < 1.29 is 55.5 Å². The van der Waals surface area contributed by atoms with Crippen LogP contribution in [0.2, 0.25) is 0 Å². The maximum atomic E-state index is 15.6. The molecule has 0 amide bonds. The molecule has 0 atom stereocenters. The maximum Gasteiger partial charge on any atom is 0.198 e. The van der Waals surface area contributed by atoms with Gasteiger partial charge in [0.1, 0.15) is 0 Å². The van der Waals surface area contributed by atoms with Gasteiger partial charge in [-0.3, -0.25) is 0 Å². The van der Waals surface area contributed by atoms with Crippen LogP contribution in [0.5, 0.6) is 0 Å². The van der Waals surface area contributed by atoms with Gasteiger partial charge in [-0.15, -0.1) is 0 Å². The maximum absolute atomic E-state index is 15.6. The Balaban J connectivity index is 1.47. The monoisotopic (exact) mass is 668 g/mol. The molecule has 244 valence electrons. The van der Waals surface area contributed by atoms with Gasteiger partial charge in [0.15, 0.2) is 69.0 Å². The molecule has 0 saturated carbocycles. The Kier molecular flexibility index (Phi) is 6.81. The summed E-state index contributed by atoms with van der Waals surface area (Å²) in [4.78, 5) is 0. The molecule has 0 radical (unpaired) electrons. The molecular weight excluding hydrogens is 648 g/mol. The third-order valence-electron chi connectivity index (χ3n) is 9.19. The van der Waals surface area contributed by atoms with E-state index < -0.39 is 91.3 Å². The molecule has 4 aromatic carbocycles. The van der Waals surface area contributed by atoms with Gasteiger partial charge in [0.25, 0.3) is 0 Å². The number of aliphatic hydroxyl groups is 4. The first-order valence-corrected chi connectivity index (χ1v) is 14.2. The zero-order valence-electron chi connectivity index (χ0n) is 24.1. The first-order valence-electron chi connectivity index (χ1n) is 14.2. The topological polar surface area (TPSA) is 80.9 Å². The molecule has 12 aliphatic carbocycles. The van der Waals surface area contributed by atoms with Gasteiger partial charge in [0, 0.05) is 0 Å². The molecule has 0 aliphatic heterocycles. The van der Waals surface area contributed by atoms with Crippen LogP contribution in [0, 0.1) is 0 Å². The van der Waals surface area contributed by atoms with Crippen LogP contribution in [0.4, 0.5) is 35.1 Å². The predicted octanol–water partition coefficient (Wildman–Crippen LogP) is 8.11. The fourth-order valence-electron chi connectivity index (χ4n) is 6.29. The Labute approximate surface area is 266 Å². The van der Waals surface area contributed by atoms with Crippen molar-refractivity contribution in [3.8, 4) is 22.3 Å².